The van der Waals surface area contributed by atoms with Crippen LogP contribution in [0.15, 0.2) is 0 Å². The normalized spacial score (nSPS) is 21.2. The lowest BCUT2D eigenvalue weighted by atomic mass is 9.97. The molecule has 0 radical (unpaired) electrons. The number of rotatable bonds is 7. The molecular weight excluding hydrogens is 172 g/mol. The highest BCUT2D eigenvalue weighted by Crippen LogP contribution is 2.44. The van der Waals surface area contributed by atoms with E-state index >= 15 is 0 Å². The Balaban J connectivity index is 2.07. The molecule has 2 nitrogen and oxygen atoms in total. The fourth-order valence-corrected chi connectivity index (χ4v) is 1.90. The standard InChI is InChI=1S/C12H26N2/c1-10(2)6-11(7-13)8-14-9-12(3)4-5-12/h10-11,14H,4-9,13H2,1-3H3. The summed E-state index contributed by atoms with van der Waals surface area (Å²) in [7, 11) is 0. The lowest BCUT2D eigenvalue weighted by molar-refractivity contribution is 0.377. The summed E-state index contributed by atoms with van der Waals surface area (Å²) in [6.45, 7) is 10.0. The van der Waals surface area contributed by atoms with E-state index in [1.807, 2.05) is 0 Å². The Bertz CT molecular complexity index is 162. The van der Waals surface area contributed by atoms with Gasteiger partial charge in [0.1, 0.15) is 0 Å². The van der Waals surface area contributed by atoms with Crippen molar-refractivity contribution >= 4 is 0 Å². The maximum Gasteiger partial charge on any atom is 0.000529 e. The van der Waals surface area contributed by atoms with Crippen LogP contribution in [-0.4, -0.2) is 19.6 Å². The third kappa shape index (κ3) is 4.43. The fraction of sp³-hybridized carbons (Fsp3) is 1.00. The Morgan fingerprint density at radius 3 is 2.43 bits per heavy atom. The van der Waals surface area contributed by atoms with Crippen molar-refractivity contribution < 1.29 is 0 Å². The van der Waals surface area contributed by atoms with Crippen molar-refractivity contribution in [1.82, 2.24) is 5.32 Å². The van der Waals surface area contributed by atoms with Crippen molar-refractivity contribution in [2.75, 3.05) is 19.6 Å². The number of nitrogens with one attached hydrogen (secondary N) is 1. The topological polar surface area (TPSA) is 38.0 Å². The van der Waals surface area contributed by atoms with Crippen LogP contribution in [0.25, 0.3) is 0 Å². The Morgan fingerprint density at radius 1 is 1.36 bits per heavy atom. The molecule has 1 atom stereocenters. The van der Waals surface area contributed by atoms with Gasteiger partial charge in [-0.05, 0) is 49.6 Å². The van der Waals surface area contributed by atoms with E-state index in [0.717, 1.165) is 19.0 Å². The zero-order valence-corrected chi connectivity index (χ0v) is 9.97. The van der Waals surface area contributed by atoms with Crippen LogP contribution < -0.4 is 11.1 Å². The highest BCUT2D eigenvalue weighted by molar-refractivity contribution is 4.90. The average Bonchev–Trinajstić information content (AvgIpc) is 2.81. The zero-order valence-electron chi connectivity index (χ0n) is 9.97. The molecule has 0 spiro atoms. The highest BCUT2D eigenvalue weighted by Gasteiger charge is 2.36. The minimum absolute atomic E-state index is 0.622. The summed E-state index contributed by atoms with van der Waals surface area (Å²) >= 11 is 0. The Hall–Kier alpha value is -0.0800. The van der Waals surface area contributed by atoms with Crippen LogP contribution in [-0.2, 0) is 0 Å². The summed E-state index contributed by atoms with van der Waals surface area (Å²) in [5.74, 6) is 1.43. The lowest BCUT2D eigenvalue weighted by Gasteiger charge is -2.19. The third-order valence-corrected chi connectivity index (χ3v) is 3.23. The van der Waals surface area contributed by atoms with Crippen LogP contribution in [0.3, 0.4) is 0 Å². The minimum Gasteiger partial charge on any atom is -0.330 e. The molecule has 0 heterocycles. The fourth-order valence-electron chi connectivity index (χ4n) is 1.90. The molecule has 14 heavy (non-hydrogen) atoms. The van der Waals surface area contributed by atoms with Crippen molar-refractivity contribution in [2.24, 2.45) is 23.0 Å². The van der Waals surface area contributed by atoms with Crippen LogP contribution in [0.5, 0.6) is 0 Å². The maximum absolute atomic E-state index is 5.75. The monoisotopic (exact) mass is 198 g/mol. The summed E-state index contributed by atoms with van der Waals surface area (Å²) in [6, 6.07) is 0. The van der Waals surface area contributed by atoms with Crippen LogP contribution in [0, 0.1) is 17.3 Å². The predicted octanol–water partition coefficient (Wildman–Crippen LogP) is 2.00. The second-order valence-corrected chi connectivity index (χ2v) is 5.67. The molecule has 0 aromatic heterocycles. The third-order valence-electron chi connectivity index (χ3n) is 3.23. The minimum atomic E-state index is 0.622. The smallest absolute Gasteiger partial charge is 0.000529 e. The molecule has 0 amide bonds. The van der Waals surface area contributed by atoms with E-state index in [9.17, 15) is 0 Å². The van der Waals surface area contributed by atoms with Gasteiger partial charge in [0.25, 0.3) is 0 Å². The van der Waals surface area contributed by atoms with Gasteiger partial charge < -0.3 is 11.1 Å². The van der Waals surface area contributed by atoms with Gasteiger partial charge in [0, 0.05) is 6.54 Å². The van der Waals surface area contributed by atoms with Gasteiger partial charge in [-0.25, -0.2) is 0 Å². The van der Waals surface area contributed by atoms with E-state index < -0.39 is 0 Å². The van der Waals surface area contributed by atoms with Crippen LogP contribution in [0.1, 0.15) is 40.0 Å². The Kier molecular flexibility index (Phi) is 4.39. The molecule has 1 rings (SSSR count). The largest absolute Gasteiger partial charge is 0.330 e. The molecule has 1 saturated carbocycles. The van der Waals surface area contributed by atoms with Gasteiger partial charge in [0.15, 0.2) is 0 Å². The average molecular weight is 198 g/mol. The molecule has 1 aliphatic rings. The summed E-state index contributed by atoms with van der Waals surface area (Å²) in [4.78, 5) is 0. The molecule has 0 saturated heterocycles. The zero-order chi connectivity index (χ0) is 10.6. The maximum atomic E-state index is 5.75. The second kappa shape index (κ2) is 5.13. The first kappa shape index (κ1) is 12.0. The van der Waals surface area contributed by atoms with Crippen molar-refractivity contribution in [3.63, 3.8) is 0 Å². The number of hydrogen-bond donors (Lipinski definition) is 2. The van der Waals surface area contributed by atoms with Gasteiger partial charge in [0.05, 0.1) is 0 Å². The predicted molar refractivity (Wildman–Crippen MR) is 62.2 cm³/mol. The van der Waals surface area contributed by atoms with E-state index in [-0.39, 0.29) is 0 Å². The van der Waals surface area contributed by atoms with Crippen molar-refractivity contribution in [3.05, 3.63) is 0 Å². The number of nitrogens with two attached hydrogens (primary N) is 1. The molecule has 3 N–H and O–H groups in total. The lowest BCUT2D eigenvalue weighted by Crippen LogP contribution is -2.32. The van der Waals surface area contributed by atoms with Gasteiger partial charge in [-0.1, -0.05) is 20.8 Å². The first-order valence-corrected chi connectivity index (χ1v) is 5.96. The molecule has 0 aromatic carbocycles. The summed E-state index contributed by atoms with van der Waals surface area (Å²) in [5, 5.41) is 3.56. The summed E-state index contributed by atoms with van der Waals surface area (Å²) < 4.78 is 0. The van der Waals surface area contributed by atoms with E-state index in [1.165, 1.54) is 25.8 Å². The molecular formula is C12H26N2. The highest BCUT2D eigenvalue weighted by atomic mass is 14.9. The molecule has 1 unspecified atom stereocenters. The van der Waals surface area contributed by atoms with E-state index in [0.29, 0.717) is 11.3 Å². The molecule has 0 bridgehead atoms. The Morgan fingerprint density at radius 2 is 2.00 bits per heavy atom. The van der Waals surface area contributed by atoms with Crippen LogP contribution in [0.4, 0.5) is 0 Å². The first-order chi connectivity index (χ1) is 6.56. The van der Waals surface area contributed by atoms with Gasteiger partial charge in [-0.15, -0.1) is 0 Å². The quantitative estimate of drug-likeness (QED) is 0.656. The summed E-state index contributed by atoms with van der Waals surface area (Å²) in [5.41, 5.74) is 6.37. The van der Waals surface area contributed by atoms with Gasteiger partial charge in [-0.3, -0.25) is 0 Å². The van der Waals surface area contributed by atoms with Crippen molar-refractivity contribution in [1.29, 1.82) is 0 Å². The molecule has 84 valence electrons. The van der Waals surface area contributed by atoms with Gasteiger partial charge >= 0.3 is 0 Å². The molecule has 1 aliphatic carbocycles. The van der Waals surface area contributed by atoms with Crippen molar-refractivity contribution in [2.45, 2.75) is 40.0 Å². The molecule has 0 aromatic rings. The van der Waals surface area contributed by atoms with Gasteiger partial charge in [0.2, 0.25) is 0 Å². The van der Waals surface area contributed by atoms with E-state index in [4.69, 9.17) is 5.73 Å². The SMILES string of the molecule is CC(C)CC(CN)CNCC1(C)CC1. The summed E-state index contributed by atoms with van der Waals surface area (Å²) in [6.07, 6.45) is 4.05. The second-order valence-electron chi connectivity index (χ2n) is 5.67. The molecule has 0 aliphatic heterocycles. The van der Waals surface area contributed by atoms with Crippen molar-refractivity contribution in [3.8, 4) is 0 Å². The van der Waals surface area contributed by atoms with Crippen LogP contribution in [0.2, 0.25) is 0 Å². The first-order valence-electron chi connectivity index (χ1n) is 5.96. The van der Waals surface area contributed by atoms with Gasteiger partial charge in [-0.2, -0.15) is 0 Å². The number of hydrogen-bond acceptors (Lipinski definition) is 2. The van der Waals surface area contributed by atoms with Crippen LogP contribution >= 0.6 is 0 Å². The van der Waals surface area contributed by atoms with E-state index in [1.54, 1.807) is 0 Å². The molecule has 2 heteroatoms. The van der Waals surface area contributed by atoms with E-state index in [2.05, 4.69) is 26.1 Å². The molecule has 1 fully saturated rings. The Labute approximate surface area is 88.6 Å².